The zero-order valence-electron chi connectivity index (χ0n) is 23.9. The van der Waals surface area contributed by atoms with Crippen LogP contribution in [0.3, 0.4) is 0 Å². The minimum Gasteiger partial charge on any atom is -0.321 e. The third kappa shape index (κ3) is 8.08. The van der Waals surface area contributed by atoms with Crippen LogP contribution in [0.4, 0.5) is 11.5 Å². The van der Waals surface area contributed by atoms with E-state index in [4.69, 9.17) is 0 Å². The Morgan fingerprint density at radius 2 is 1.39 bits per heavy atom. The second-order valence-electron chi connectivity index (χ2n) is 9.83. The summed E-state index contributed by atoms with van der Waals surface area (Å²) in [7, 11) is 0. The van der Waals surface area contributed by atoms with Gasteiger partial charge in [0.05, 0.1) is 0 Å². The molecule has 44 heavy (non-hydrogen) atoms. The summed E-state index contributed by atoms with van der Waals surface area (Å²) in [5, 5.41) is 8.02. The molecule has 3 N–H and O–H groups in total. The summed E-state index contributed by atoms with van der Waals surface area (Å²) in [5.41, 5.74) is 3.72. The first-order valence-corrected chi connectivity index (χ1v) is 14.8. The molecule has 0 radical (unpaired) electrons. The average molecular weight is 599 g/mol. The first-order chi connectivity index (χ1) is 21.5. The smallest absolute Gasteiger partial charge is 0.272 e. The quantitative estimate of drug-likeness (QED) is 0.116. The van der Waals surface area contributed by atoms with Crippen molar-refractivity contribution in [3.63, 3.8) is 0 Å². The summed E-state index contributed by atoms with van der Waals surface area (Å²) in [6.07, 6.45) is 3.29. The fraction of sp³-hybridized carbons (Fsp3) is 0.0556. The van der Waals surface area contributed by atoms with Crippen LogP contribution in [0.2, 0.25) is 0 Å². The Morgan fingerprint density at radius 1 is 0.727 bits per heavy atom. The van der Waals surface area contributed by atoms with Crippen LogP contribution < -0.4 is 16.0 Å². The molecule has 0 aliphatic carbocycles. The molecule has 4 aromatic carbocycles. The number of benzene rings is 4. The number of anilines is 2. The summed E-state index contributed by atoms with van der Waals surface area (Å²) < 4.78 is 0. The lowest BCUT2D eigenvalue weighted by atomic mass is 10.1. The van der Waals surface area contributed by atoms with Gasteiger partial charge in [0.25, 0.3) is 11.8 Å². The lowest BCUT2D eigenvalue weighted by Gasteiger charge is -2.17. The standard InChI is InChI=1S/C36H30N4O3S/c1-25-12-8-9-17-28(25)24-31(39-34(41)27-15-6-3-7-16-27)35(42)38-29-19-21-30(22-20-29)44-33(26-13-4-2-5-14-26)36(43)40-32-18-10-11-23-37-32/h2-24,33H,1H3,(H,38,42)(H,39,41)(H,37,40,43)/b31-24-. The molecule has 0 spiro atoms. The molecule has 0 bridgehead atoms. The number of rotatable bonds is 10. The van der Waals surface area contributed by atoms with Crippen LogP contribution in [0.15, 0.2) is 144 Å². The Bertz CT molecular complexity index is 1760. The minimum absolute atomic E-state index is 0.113. The van der Waals surface area contributed by atoms with Gasteiger partial charge in [0.15, 0.2) is 0 Å². The maximum absolute atomic E-state index is 13.4. The Balaban J connectivity index is 1.33. The Hall–Kier alpha value is -5.47. The Kier molecular flexibility index (Phi) is 9.97. The molecule has 1 unspecified atom stereocenters. The SMILES string of the molecule is Cc1ccccc1/C=C(\NC(=O)c1ccccc1)C(=O)Nc1ccc(SC(C(=O)Nc2ccccn2)c2ccccc2)cc1. The molecule has 1 atom stereocenters. The van der Waals surface area contributed by atoms with Crippen molar-refractivity contribution in [1.29, 1.82) is 0 Å². The molecular formula is C36H30N4O3S. The molecule has 8 heteroatoms. The Labute approximate surface area is 260 Å². The summed E-state index contributed by atoms with van der Waals surface area (Å²) in [6.45, 7) is 1.94. The first-order valence-electron chi connectivity index (χ1n) is 13.9. The predicted octanol–water partition coefficient (Wildman–Crippen LogP) is 7.27. The van der Waals surface area contributed by atoms with E-state index in [1.165, 1.54) is 11.8 Å². The third-order valence-electron chi connectivity index (χ3n) is 6.64. The number of carbonyl (C=O) groups excluding carboxylic acids is 3. The number of pyridine rings is 1. The van der Waals surface area contributed by atoms with Gasteiger partial charge in [-0.15, -0.1) is 11.8 Å². The van der Waals surface area contributed by atoms with Gasteiger partial charge < -0.3 is 16.0 Å². The third-order valence-corrected chi connectivity index (χ3v) is 7.91. The summed E-state index contributed by atoms with van der Waals surface area (Å²) >= 11 is 1.39. The molecule has 5 aromatic rings. The summed E-state index contributed by atoms with van der Waals surface area (Å²) in [5.74, 6) is -0.568. The van der Waals surface area contributed by atoms with Crippen molar-refractivity contribution in [2.75, 3.05) is 10.6 Å². The topological polar surface area (TPSA) is 100 Å². The van der Waals surface area contributed by atoms with Crippen molar-refractivity contribution >= 4 is 47.1 Å². The van der Waals surface area contributed by atoms with E-state index in [1.807, 2.05) is 85.8 Å². The van der Waals surface area contributed by atoms with Gasteiger partial charge in [-0.25, -0.2) is 4.98 Å². The monoisotopic (exact) mass is 598 g/mol. The lowest BCUT2D eigenvalue weighted by Crippen LogP contribution is -2.30. The lowest BCUT2D eigenvalue weighted by molar-refractivity contribution is -0.116. The number of amides is 3. The highest BCUT2D eigenvalue weighted by Crippen LogP contribution is 2.36. The molecule has 0 aliphatic rings. The molecule has 218 valence electrons. The van der Waals surface area contributed by atoms with E-state index in [1.54, 1.807) is 60.8 Å². The zero-order chi connectivity index (χ0) is 30.7. The van der Waals surface area contributed by atoms with Gasteiger partial charge >= 0.3 is 0 Å². The average Bonchev–Trinajstić information content (AvgIpc) is 3.06. The van der Waals surface area contributed by atoms with Crippen LogP contribution in [-0.2, 0) is 9.59 Å². The van der Waals surface area contributed by atoms with E-state index in [2.05, 4.69) is 20.9 Å². The Morgan fingerprint density at radius 3 is 2.07 bits per heavy atom. The van der Waals surface area contributed by atoms with Crippen LogP contribution in [-0.4, -0.2) is 22.7 Å². The van der Waals surface area contributed by atoms with Gasteiger partial charge in [-0.3, -0.25) is 14.4 Å². The van der Waals surface area contributed by atoms with E-state index < -0.39 is 11.2 Å². The largest absolute Gasteiger partial charge is 0.321 e. The number of hydrogen-bond acceptors (Lipinski definition) is 5. The van der Waals surface area contributed by atoms with Crippen molar-refractivity contribution in [1.82, 2.24) is 10.3 Å². The summed E-state index contributed by atoms with van der Waals surface area (Å²) in [4.78, 5) is 44.7. The highest BCUT2D eigenvalue weighted by atomic mass is 32.2. The van der Waals surface area contributed by atoms with Crippen molar-refractivity contribution in [2.24, 2.45) is 0 Å². The number of carbonyl (C=O) groups is 3. The molecule has 1 aromatic heterocycles. The van der Waals surface area contributed by atoms with E-state index in [9.17, 15) is 14.4 Å². The number of aryl methyl sites for hydroxylation is 1. The van der Waals surface area contributed by atoms with Crippen molar-refractivity contribution < 1.29 is 14.4 Å². The number of aromatic nitrogens is 1. The molecule has 0 saturated heterocycles. The highest BCUT2D eigenvalue weighted by Gasteiger charge is 2.23. The summed E-state index contributed by atoms with van der Waals surface area (Å²) in [6, 6.07) is 38.5. The van der Waals surface area contributed by atoms with Gasteiger partial charge in [-0.05, 0) is 78.2 Å². The van der Waals surface area contributed by atoms with Crippen molar-refractivity contribution in [2.45, 2.75) is 17.1 Å². The van der Waals surface area contributed by atoms with E-state index in [0.717, 1.165) is 21.6 Å². The van der Waals surface area contributed by atoms with E-state index in [0.29, 0.717) is 17.1 Å². The maximum atomic E-state index is 13.4. The van der Waals surface area contributed by atoms with Gasteiger partial charge in [0, 0.05) is 22.3 Å². The van der Waals surface area contributed by atoms with Crippen LogP contribution in [0.1, 0.15) is 32.3 Å². The molecule has 3 amide bonds. The molecule has 0 aliphatic heterocycles. The normalized spacial score (nSPS) is 11.7. The fourth-order valence-electron chi connectivity index (χ4n) is 4.33. The van der Waals surface area contributed by atoms with Crippen LogP contribution in [0.5, 0.6) is 0 Å². The fourth-order valence-corrected chi connectivity index (χ4v) is 5.35. The first kappa shape index (κ1) is 30.0. The van der Waals surface area contributed by atoms with E-state index in [-0.39, 0.29) is 17.5 Å². The van der Waals surface area contributed by atoms with Gasteiger partial charge in [-0.2, -0.15) is 0 Å². The molecule has 0 fully saturated rings. The minimum atomic E-state index is -0.532. The van der Waals surface area contributed by atoms with Crippen LogP contribution in [0.25, 0.3) is 6.08 Å². The predicted molar refractivity (Wildman–Crippen MR) is 176 cm³/mol. The zero-order valence-corrected chi connectivity index (χ0v) is 24.8. The van der Waals surface area contributed by atoms with Crippen LogP contribution >= 0.6 is 11.8 Å². The molecule has 1 heterocycles. The number of thioether (sulfide) groups is 1. The number of nitrogens with one attached hydrogen (secondary N) is 3. The van der Waals surface area contributed by atoms with Gasteiger partial charge in [0.2, 0.25) is 5.91 Å². The molecular weight excluding hydrogens is 568 g/mol. The maximum Gasteiger partial charge on any atom is 0.272 e. The van der Waals surface area contributed by atoms with E-state index >= 15 is 0 Å². The van der Waals surface area contributed by atoms with Gasteiger partial charge in [0.1, 0.15) is 16.8 Å². The number of nitrogens with zero attached hydrogens (tertiary/aromatic N) is 1. The number of hydrogen-bond donors (Lipinski definition) is 3. The molecule has 0 saturated carbocycles. The van der Waals surface area contributed by atoms with Gasteiger partial charge in [-0.1, -0.05) is 78.9 Å². The molecule has 7 nitrogen and oxygen atoms in total. The van der Waals surface area contributed by atoms with Crippen LogP contribution in [0, 0.1) is 6.92 Å². The molecule has 5 rings (SSSR count). The second-order valence-corrected chi connectivity index (χ2v) is 11.0. The highest BCUT2D eigenvalue weighted by molar-refractivity contribution is 8.00. The van der Waals surface area contributed by atoms with Crippen molar-refractivity contribution in [3.8, 4) is 0 Å². The van der Waals surface area contributed by atoms with Crippen molar-refractivity contribution in [3.05, 3.63) is 162 Å². The second kappa shape index (κ2) is 14.6.